The quantitative estimate of drug-likeness (QED) is 0.0717. The van der Waals surface area contributed by atoms with Crippen LogP contribution in [0, 0.1) is 23.2 Å². The van der Waals surface area contributed by atoms with E-state index in [9.17, 15) is 30.6 Å². The van der Waals surface area contributed by atoms with Crippen molar-refractivity contribution in [1.29, 1.82) is 0 Å². The van der Waals surface area contributed by atoms with Crippen LogP contribution in [0.25, 0.3) is 22.9 Å². The van der Waals surface area contributed by atoms with Crippen molar-refractivity contribution in [3.05, 3.63) is 88.5 Å². The number of fused-ring (bicyclic) bond motifs is 2. The Kier molecular flexibility index (Phi) is 8.63. The summed E-state index contributed by atoms with van der Waals surface area (Å²) in [6, 6.07) is 18.6. The molecule has 0 aromatic heterocycles. The number of aryl methyl sites for hydroxylation is 1. The fourth-order valence-corrected chi connectivity index (χ4v) is 12.0. The first-order chi connectivity index (χ1) is 25.7. The van der Waals surface area contributed by atoms with Crippen LogP contribution in [0.1, 0.15) is 92.0 Å². The molecule has 3 aliphatic carbocycles. The molecule has 4 aromatic rings. The van der Waals surface area contributed by atoms with Gasteiger partial charge >= 0.3 is 0 Å². The zero-order chi connectivity index (χ0) is 36.5. The van der Waals surface area contributed by atoms with E-state index in [0.29, 0.717) is 64.8 Å². The lowest BCUT2D eigenvalue weighted by molar-refractivity contribution is -0.319. The van der Waals surface area contributed by atoms with Crippen LogP contribution in [0.15, 0.2) is 60.7 Å². The molecular formula is C45H51NO7. The molecule has 5 aliphatic rings. The van der Waals surface area contributed by atoms with Crippen LogP contribution in [0.3, 0.4) is 0 Å². The fraction of sp³-hybridized carbons (Fsp3) is 0.467. The van der Waals surface area contributed by atoms with Gasteiger partial charge in [0.2, 0.25) is 0 Å². The molecule has 8 atom stereocenters. The molecule has 2 aliphatic heterocycles. The molecule has 4 aromatic carbocycles. The Morgan fingerprint density at radius 3 is 2.40 bits per heavy atom. The average molecular weight is 718 g/mol. The summed E-state index contributed by atoms with van der Waals surface area (Å²) in [5.41, 5.74) is 4.23. The van der Waals surface area contributed by atoms with Crippen LogP contribution >= 0.6 is 0 Å². The molecule has 8 nitrogen and oxygen atoms in total. The van der Waals surface area contributed by atoms with E-state index in [4.69, 9.17) is 4.74 Å². The van der Waals surface area contributed by atoms with Crippen LogP contribution in [0.2, 0.25) is 0 Å². The zero-order valence-corrected chi connectivity index (χ0v) is 30.2. The summed E-state index contributed by atoms with van der Waals surface area (Å²) in [7, 11) is 0. The number of aromatic hydroxyl groups is 5. The summed E-state index contributed by atoms with van der Waals surface area (Å²) >= 11 is 0. The highest BCUT2D eigenvalue weighted by atomic mass is 16.5. The zero-order valence-electron chi connectivity index (χ0n) is 30.2. The summed E-state index contributed by atoms with van der Waals surface area (Å²) in [5, 5.41) is 68.4. The van der Waals surface area contributed by atoms with Crippen molar-refractivity contribution in [3.8, 4) is 28.7 Å². The minimum absolute atomic E-state index is 0.0876. The number of ether oxygens (including phenoxy) is 1. The second kappa shape index (κ2) is 13.3. The van der Waals surface area contributed by atoms with Crippen LogP contribution in [-0.4, -0.2) is 54.5 Å². The van der Waals surface area contributed by atoms with Crippen LogP contribution in [0.5, 0.6) is 28.7 Å². The third kappa shape index (κ3) is 5.59. The van der Waals surface area contributed by atoms with E-state index in [2.05, 4.69) is 29.6 Å². The molecule has 9 rings (SSSR count). The highest BCUT2D eigenvalue weighted by Gasteiger charge is 2.72. The molecule has 2 spiro atoms. The van der Waals surface area contributed by atoms with Gasteiger partial charge in [-0.1, -0.05) is 61.0 Å². The van der Waals surface area contributed by atoms with Crippen LogP contribution in [0.4, 0.5) is 0 Å². The highest BCUT2D eigenvalue weighted by Crippen LogP contribution is 2.71. The predicted octanol–water partition coefficient (Wildman–Crippen LogP) is 8.07. The van der Waals surface area contributed by atoms with Crippen LogP contribution < -0.4 is 5.32 Å². The van der Waals surface area contributed by atoms with E-state index in [-0.39, 0.29) is 51.3 Å². The number of benzene rings is 4. The maximum Gasteiger partial charge on any atom is 0.169 e. The van der Waals surface area contributed by atoms with Crippen molar-refractivity contribution in [2.24, 2.45) is 23.2 Å². The number of phenols is 5. The van der Waals surface area contributed by atoms with Crippen molar-refractivity contribution in [2.45, 2.75) is 107 Å². The largest absolute Gasteiger partial charge is 0.507 e. The highest BCUT2D eigenvalue weighted by molar-refractivity contribution is 6.03. The summed E-state index contributed by atoms with van der Waals surface area (Å²) in [5.74, 6) is 0.495. The Balaban J connectivity index is 0.928. The molecule has 278 valence electrons. The summed E-state index contributed by atoms with van der Waals surface area (Å²) in [6.45, 7) is 0.790. The van der Waals surface area contributed by atoms with Gasteiger partial charge < -0.3 is 40.7 Å². The third-order valence-corrected chi connectivity index (χ3v) is 14.2. The van der Waals surface area contributed by atoms with Gasteiger partial charge in [-0.25, -0.2) is 0 Å². The Morgan fingerprint density at radius 2 is 1.57 bits per heavy atom. The second-order valence-electron chi connectivity index (χ2n) is 16.7. The van der Waals surface area contributed by atoms with Gasteiger partial charge in [0.1, 0.15) is 5.75 Å². The molecule has 0 amide bonds. The monoisotopic (exact) mass is 717 g/mol. The standard InChI is InChI=1S/C45H51NO7/c47-31-22-30-14-18-36-37(23-32-15-13-29-3-2-20-44(30,24-31)45(29,36)53-32)46-25-28-8-6-26(7-9-28)10-17-35-33(16-11-27-12-19-38(48)40(50)21-27)34-4-1-5-39(49)41(34)43(52)42(35)51/h1,4-9,11-12,16,19,21,29-32,36-37,46-52H,2-3,10,13-15,17-18,20,22-25H2/t29-,30+,31-,32+,36-,37-,44-,45+/m1/s1. The van der Waals surface area contributed by atoms with Gasteiger partial charge in [-0.05, 0) is 128 Å². The van der Waals surface area contributed by atoms with E-state index in [1.807, 2.05) is 0 Å². The average Bonchev–Trinajstić information content (AvgIpc) is 3.49. The van der Waals surface area contributed by atoms with Crippen molar-refractivity contribution >= 4 is 22.9 Å². The van der Waals surface area contributed by atoms with Crippen molar-refractivity contribution < 1.29 is 35.4 Å². The maximum absolute atomic E-state index is 11.3. The number of phenolic OH excluding ortho intramolecular Hbond substituents is 5. The molecule has 3 saturated carbocycles. The van der Waals surface area contributed by atoms with Gasteiger partial charge in [0, 0.05) is 29.5 Å². The van der Waals surface area contributed by atoms with Gasteiger partial charge in [0.25, 0.3) is 0 Å². The Hall–Kier alpha value is -4.24. The molecular weight excluding hydrogens is 666 g/mol. The fourth-order valence-electron chi connectivity index (χ4n) is 12.0. The van der Waals surface area contributed by atoms with Gasteiger partial charge in [0.05, 0.1) is 23.2 Å². The smallest absolute Gasteiger partial charge is 0.169 e. The summed E-state index contributed by atoms with van der Waals surface area (Å²) in [6.07, 6.45) is 16.3. The van der Waals surface area contributed by atoms with Crippen molar-refractivity contribution in [2.75, 3.05) is 0 Å². The van der Waals surface area contributed by atoms with Gasteiger partial charge in [-0.3, -0.25) is 0 Å². The van der Waals surface area contributed by atoms with E-state index in [1.165, 1.54) is 62.3 Å². The summed E-state index contributed by atoms with van der Waals surface area (Å²) in [4.78, 5) is 0. The molecule has 2 bridgehead atoms. The van der Waals surface area contributed by atoms with E-state index >= 15 is 0 Å². The first kappa shape index (κ1) is 34.5. The van der Waals surface area contributed by atoms with E-state index in [0.717, 1.165) is 37.8 Å². The molecule has 2 heterocycles. The lowest BCUT2D eigenvalue weighted by Gasteiger charge is -2.70. The summed E-state index contributed by atoms with van der Waals surface area (Å²) < 4.78 is 7.28. The second-order valence-corrected chi connectivity index (χ2v) is 16.7. The van der Waals surface area contributed by atoms with E-state index < -0.39 is 0 Å². The molecule has 7 N–H and O–H groups in total. The lowest BCUT2D eigenvalue weighted by Crippen LogP contribution is -2.73. The maximum atomic E-state index is 11.3. The number of rotatable bonds is 8. The third-order valence-electron chi connectivity index (χ3n) is 14.2. The van der Waals surface area contributed by atoms with Gasteiger partial charge in [-0.2, -0.15) is 0 Å². The first-order valence-corrected chi connectivity index (χ1v) is 19.7. The molecule has 0 unspecified atom stereocenters. The Morgan fingerprint density at radius 1 is 0.755 bits per heavy atom. The van der Waals surface area contributed by atoms with Gasteiger partial charge in [0.15, 0.2) is 23.0 Å². The Bertz CT molecular complexity index is 2060. The minimum atomic E-state index is -0.353. The minimum Gasteiger partial charge on any atom is -0.507 e. The van der Waals surface area contributed by atoms with Gasteiger partial charge in [-0.15, -0.1) is 0 Å². The number of nitrogens with one attached hydrogen (secondary N) is 1. The van der Waals surface area contributed by atoms with Crippen molar-refractivity contribution in [3.63, 3.8) is 0 Å². The topological polar surface area (TPSA) is 143 Å². The molecule has 8 heteroatoms. The lowest BCUT2D eigenvalue weighted by atomic mass is 9.43. The van der Waals surface area contributed by atoms with E-state index in [1.54, 1.807) is 30.4 Å². The SMILES string of the molecule is Oc1ccc(C=Cc2c(CCc3ccc(CN[C@@H]4C[C@@H]5CC[C@H]6CCC[C@@]78C[C@H](O)C[C@@H]7CC[C@H]4[C@@]68O5)cc3)c(O)c(O)c3c(O)cccc23)cc1O. The number of aliphatic hydroxyl groups excluding tert-OH is 1. The van der Waals surface area contributed by atoms with Crippen LogP contribution in [-0.2, 0) is 24.1 Å². The number of hydrogen-bond acceptors (Lipinski definition) is 8. The molecule has 0 radical (unpaired) electrons. The number of hydrogen-bond donors (Lipinski definition) is 7. The number of aliphatic hydroxyl groups is 1. The normalized spacial score (nSPS) is 31.8. The molecule has 53 heavy (non-hydrogen) atoms. The first-order valence-electron chi connectivity index (χ1n) is 19.7. The molecule has 2 saturated heterocycles. The Labute approximate surface area is 310 Å². The molecule has 5 fully saturated rings. The van der Waals surface area contributed by atoms with Crippen molar-refractivity contribution in [1.82, 2.24) is 5.32 Å². The predicted molar refractivity (Wildman–Crippen MR) is 205 cm³/mol.